The number of carbonyl (C=O) groups is 1. The fourth-order valence-electron chi connectivity index (χ4n) is 2.04. The molecule has 1 unspecified atom stereocenters. The maximum atomic E-state index is 12.9. The van der Waals surface area contributed by atoms with E-state index in [1.165, 1.54) is 12.1 Å². The molecule has 6 nitrogen and oxygen atoms in total. The van der Waals surface area contributed by atoms with Crippen LogP contribution in [0.25, 0.3) is 11.5 Å². The zero-order valence-corrected chi connectivity index (χ0v) is 11.8. The van der Waals surface area contributed by atoms with Crippen molar-refractivity contribution in [1.29, 1.82) is 0 Å². The normalized spacial score (nSPS) is 12.6. The first-order valence-corrected chi connectivity index (χ1v) is 6.52. The maximum Gasteiger partial charge on any atom is 0.320 e. The highest BCUT2D eigenvalue weighted by atomic mass is 19.1. The van der Waals surface area contributed by atoms with Crippen molar-refractivity contribution in [3.8, 4) is 11.5 Å². The molecule has 0 saturated carbocycles. The predicted octanol–water partition coefficient (Wildman–Crippen LogP) is 2.17. The lowest BCUT2D eigenvalue weighted by molar-refractivity contribution is -0.143. The minimum atomic E-state index is -0.887. The molecule has 0 fully saturated rings. The maximum absolute atomic E-state index is 12.9. The summed E-state index contributed by atoms with van der Waals surface area (Å²) in [7, 11) is 1.69. The molecule has 0 aliphatic carbocycles. The molecule has 0 aliphatic rings. The van der Waals surface area contributed by atoms with Crippen molar-refractivity contribution in [3.63, 3.8) is 0 Å². The highest BCUT2D eigenvalue weighted by Gasteiger charge is 2.22. The molecule has 1 heterocycles. The number of halogens is 1. The average molecular weight is 293 g/mol. The van der Waals surface area contributed by atoms with E-state index in [0.717, 1.165) is 0 Å². The zero-order valence-electron chi connectivity index (χ0n) is 11.8. The molecule has 0 amide bonds. The van der Waals surface area contributed by atoms with Crippen LogP contribution in [0.5, 0.6) is 0 Å². The predicted molar refractivity (Wildman–Crippen MR) is 72.9 cm³/mol. The molecule has 0 spiro atoms. The molecule has 112 valence electrons. The first kappa shape index (κ1) is 15.1. The Morgan fingerprint density at radius 2 is 2.10 bits per heavy atom. The van der Waals surface area contributed by atoms with Gasteiger partial charge in [0.2, 0.25) is 0 Å². The number of hydrogen-bond donors (Lipinski definition) is 1. The third kappa shape index (κ3) is 3.63. The number of nitrogens with zero attached hydrogens (tertiary/aromatic N) is 3. The van der Waals surface area contributed by atoms with E-state index in [9.17, 15) is 9.18 Å². The van der Waals surface area contributed by atoms with Crippen LogP contribution in [0.2, 0.25) is 0 Å². The Morgan fingerprint density at radius 1 is 1.43 bits per heavy atom. The van der Waals surface area contributed by atoms with Gasteiger partial charge >= 0.3 is 5.97 Å². The zero-order chi connectivity index (χ0) is 15.4. The smallest absolute Gasteiger partial charge is 0.320 e. The number of aliphatic carboxylic acids is 1. The molecule has 1 aromatic heterocycles. The number of hydrogen-bond acceptors (Lipinski definition) is 5. The monoisotopic (exact) mass is 293 g/mol. The summed E-state index contributed by atoms with van der Waals surface area (Å²) >= 11 is 0. The van der Waals surface area contributed by atoms with E-state index in [1.54, 1.807) is 31.0 Å². The Kier molecular flexibility index (Phi) is 4.64. The summed E-state index contributed by atoms with van der Waals surface area (Å²) in [5.41, 5.74) is 0.614. The summed E-state index contributed by atoms with van der Waals surface area (Å²) < 4.78 is 18.0. The van der Waals surface area contributed by atoms with Gasteiger partial charge in [0, 0.05) is 5.56 Å². The summed E-state index contributed by atoms with van der Waals surface area (Å²) in [6.45, 7) is 2.06. The first-order valence-electron chi connectivity index (χ1n) is 6.52. The molecule has 0 saturated heterocycles. The SMILES string of the molecule is CCC(C(=O)O)N(C)Cc1noc(-c2ccc(F)cc2)n1. The van der Waals surface area contributed by atoms with Gasteiger partial charge in [-0.3, -0.25) is 9.69 Å². The molecular weight excluding hydrogens is 277 g/mol. The summed E-state index contributed by atoms with van der Waals surface area (Å²) in [5, 5.41) is 12.9. The van der Waals surface area contributed by atoms with Crippen LogP contribution in [-0.2, 0) is 11.3 Å². The highest BCUT2D eigenvalue weighted by molar-refractivity contribution is 5.73. The number of carboxylic acid groups (broad SMARTS) is 1. The molecule has 1 N–H and O–H groups in total. The topological polar surface area (TPSA) is 79.5 Å². The second-order valence-corrected chi connectivity index (χ2v) is 4.70. The van der Waals surface area contributed by atoms with Crippen LogP contribution < -0.4 is 0 Å². The fraction of sp³-hybridized carbons (Fsp3) is 0.357. The molecule has 21 heavy (non-hydrogen) atoms. The van der Waals surface area contributed by atoms with E-state index in [-0.39, 0.29) is 18.3 Å². The van der Waals surface area contributed by atoms with Gasteiger partial charge in [0.1, 0.15) is 11.9 Å². The van der Waals surface area contributed by atoms with Crippen molar-refractivity contribution in [2.45, 2.75) is 25.9 Å². The Morgan fingerprint density at radius 3 is 2.67 bits per heavy atom. The molecule has 2 rings (SSSR count). The largest absolute Gasteiger partial charge is 0.480 e. The van der Waals surface area contributed by atoms with E-state index in [2.05, 4.69) is 10.1 Å². The lowest BCUT2D eigenvalue weighted by Crippen LogP contribution is -2.37. The summed E-state index contributed by atoms with van der Waals surface area (Å²) in [6, 6.07) is 5.11. The van der Waals surface area contributed by atoms with Crippen molar-refractivity contribution in [2.24, 2.45) is 0 Å². The van der Waals surface area contributed by atoms with E-state index in [1.807, 2.05) is 0 Å². The number of likely N-dealkylation sites (N-methyl/N-ethyl adjacent to an activating group) is 1. The third-order valence-electron chi connectivity index (χ3n) is 3.15. The molecule has 0 aliphatic heterocycles. The van der Waals surface area contributed by atoms with Crippen LogP contribution in [0.4, 0.5) is 4.39 Å². The van der Waals surface area contributed by atoms with Gasteiger partial charge in [-0.1, -0.05) is 12.1 Å². The Bertz CT molecular complexity index is 612. The van der Waals surface area contributed by atoms with Crippen LogP contribution in [0.1, 0.15) is 19.2 Å². The summed E-state index contributed by atoms with van der Waals surface area (Å²) in [4.78, 5) is 16.9. The van der Waals surface area contributed by atoms with Crippen molar-refractivity contribution in [3.05, 3.63) is 35.9 Å². The molecule has 1 aromatic carbocycles. The van der Waals surface area contributed by atoms with Crippen LogP contribution in [0.3, 0.4) is 0 Å². The third-order valence-corrected chi connectivity index (χ3v) is 3.15. The molecule has 7 heteroatoms. The van der Waals surface area contributed by atoms with E-state index < -0.39 is 12.0 Å². The summed E-state index contributed by atoms with van der Waals surface area (Å²) in [6.07, 6.45) is 0.481. The molecule has 0 bridgehead atoms. The van der Waals surface area contributed by atoms with Gasteiger partial charge in [0.05, 0.1) is 6.54 Å². The molecule has 0 radical (unpaired) electrons. The minimum Gasteiger partial charge on any atom is -0.480 e. The van der Waals surface area contributed by atoms with E-state index in [0.29, 0.717) is 17.8 Å². The van der Waals surface area contributed by atoms with Crippen molar-refractivity contribution in [2.75, 3.05) is 7.05 Å². The quantitative estimate of drug-likeness (QED) is 0.879. The van der Waals surface area contributed by atoms with Crippen LogP contribution >= 0.6 is 0 Å². The number of carboxylic acids is 1. The van der Waals surface area contributed by atoms with Gasteiger partial charge in [-0.05, 0) is 37.7 Å². The Balaban J connectivity index is 2.09. The lowest BCUT2D eigenvalue weighted by Gasteiger charge is -2.21. The first-order chi connectivity index (χ1) is 10.0. The lowest BCUT2D eigenvalue weighted by atomic mass is 10.2. The highest BCUT2D eigenvalue weighted by Crippen LogP contribution is 2.18. The number of rotatable bonds is 6. The second-order valence-electron chi connectivity index (χ2n) is 4.70. The van der Waals surface area contributed by atoms with Crippen LogP contribution in [0, 0.1) is 5.82 Å². The van der Waals surface area contributed by atoms with Crippen molar-refractivity contribution >= 4 is 5.97 Å². The fourth-order valence-corrected chi connectivity index (χ4v) is 2.04. The average Bonchev–Trinajstić information content (AvgIpc) is 2.88. The van der Waals surface area contributed by atoms with Gasteiger partial charge in [0.15, 0.2) is 5.82 Å². The molecular formula is C14H16FN3O3. The van der Waals surface area contributed by atoms with Gasteiger partial charge in [-0.15, -0.1) is 0 Å². The Labute approximate surface area is 121 Å². The van der Waals surface area contributed by atoms with Crippen molar-refractivity contribution < 1.29 is 18.8 Å². The van der Waals surface area contributed by atoms with Crippen molar-refractivity contribution in [1.82, 2.24) is 15.0 Å². The molecule has 1 atom stereocenters. The van der Waals surface area contributed by atoms with Crippen LogP contribution in [0.15, 0.2) is 28.8 Å². The standard InChI is InChI=1S/C14H16FN3O3/c1-3-11(14(19)20)18(2)8-12-16-13(21-17-12)9-4-6-10(15)7-5-9/h4-7,11H,3,8H2,1-2H3,(H,19,20). The van der Waals surface area contributed by atoms with Gasteiger partial charge in [-0.2, -0.15) is 4.98 Å². The minimum absolute atomic E-state index is 0.259. The van der Waals surface area contributed by atoms with Crippen LogP contribution in [-0.4, -0.2) is 39.2 Å². The second kappa shape index (κ2) is 6.45. The molecule has 2 aromatic rings. The van der Waals surface area contributed by atoms with E-state index in [4.69, 9.17) is 9.63 Å². The van der Waals surface area contributed by atoms with Gasteiger partial charge < -0.3 is 9.63 Å². The van der Waals surface area contributed by atoms with Gasteiger partial charge in [0.25, 0.3) is 5.89 Å². The Hall–Kier alpha value is -2.28. The van der Waals surface area contributed by atoms with Gasteiger partial charge in [-0.25, -0.2) is 4.39 Å². The summed E-state index contributed by atoms with van der Waals surface area (Å²) in [5.74, 6) is -0.564. The van der Waals surface area contributed by atoms with E-state index >= 15 is 0 Å². The number of benzene rings is 1. The number of aromatic nitrogens is 2.